The van der Waals surface area contributed by atoms with Gasteiger partial charge in [-0.1, -0.05) is 57.2 Å². The Kier molecular flexibility index (Phi) is 5.33. The van der Waals surface area contributed by atoms with Crippen molar-refractivity contribution in [2.45, 2.75) is 71.1 Å². The first-order valence-electron chi connectivity index (χ1n) is 10.9. The molecule has 4 rings (SSSR count). The number of amides is 1. The molecule has 0 unspecified atom stereocenters. The van der Waals surface area contributed by atoms with Crippen LogP contribution in [0.4, 0.5) is 0 Å². The van der Waals surface area contributed by atoms with Crippen molar-refractivity contribution in [1.29, 1.82) is 0 Å². The number of hydrazone groups is 1. The van der Waals surface area contributed by atoms with Crippen LogP contribution in [0.2, 0.25) is 0 Å². The number of rotatable bonds is 4. The summed E-state index contributed by atoms with van der Waals surface area (Å²) in [6, 6.07) is 15.4. The van der Waals surface area contributed by atoms with Crippen molar-refractivity contribution < 1.29 is 4.79 Å². The minimum absolute atomic E-state index is 0.0345. The Morgan fingerprint density at radius 1 is 1.00 bits per heavy atom. The number of nitrogens with one attached hydrogen (secondary N) is 1. The second kappa shape index (κ2) is 7.78. The number of fused-ring (bicyclic) bond motifs is 1. The fourth-order valence-corrected chi connectivity index (χ4v) is 4.33. The van der Waals surface area contributed by atoms with Gasteiger partial charge in [-0.05, 0) is 84.2 Å². The Morgan fingerprint density at radius 3 is 2.38 bits per heavy atom. The maximum atomic E-state index is 12.6. The van der Waals surface area contributed by atoms with E-state index in [-0.39, 0.29) is 17.2 Å². The van der Waals surface area contributed by atoms with Crippen LogP contribution in [0.3, 0.4) is 0 Å². The van der Waals surface area contributed by atoms with E-state index in [4.69, 9.17) is 0 Å². The van der Waals surface area contributed by atoms with Gasteiger partial charge < -0.3 is 0 Å². The van der Waals surface area contributed by atoms with Gasteiger partial charge in [-0.25, -0.2) is 5.43 Å². The zero-order valence-corrected chi connectivity index (χ0v) is 18.1. The van der Waals surface area contributed by atoms with Crippen LogP contribution >= 0.6 is 0 Å². The Morgan fingerprint density at radius 2 is 1.69 bits per heavy atom. The van der Waals surface area contributed by atoms with Gasteiger partial charge in [0.1, 0.15) is 0 Å². The number of nitrogens with zero attached hydrogens (tertiary/aromatic N) is 1. The van der Waals surface area contributed by atoms with Crippen LogP contribution in [-0.2, 0) is 23.1 Å². The van der Waals surface area contributed by atoms with Gasteiger partial charge in [-0.15, -0.1) is 0 Å². The van der Waals surface area contributed by atoms with E-state index in [1.807, 2.05) is 6.92 Å². The normalized spacial score (nSPS) is 21.4. The van der Waals surface area contributed by atoms with E-state index >= 15 is 0 Å². The molecule has 3 nitrogen and oxygen atoms in total. The molecule has 1 saturated carbocycles. The summed E-state index contributed by atoms with van der Waals surface area (Å²) in [6.07, 6.45) is 5.80. The summed E-state index contributed by atoms with van der Waals surface area (Å²) in [5.74, 6) is 0.394. The van der Waals surface area contributed by atoms with E-state index in [0.717, 1.165) is 24.1 Å². The second-order valence-corrected chi connectivity index (χ2v) is 9.68. The number of hydrogen-bond acceptors (Lipinski definition) is 2. The molecule has 152 valence electrons. The quantitative estimate of drug-likeness (QED) is 0.545. The van der Waals surface area contributed by atoms with Crippen molar-refractivity contribution in [2.75, 3.05) is 0 Å². The minimum Gasteiger partial charge on any atom is -0.273 e. The summed E-state index contributed by atoms with van der Waals surface area (Å²) < 4.78 is 0. The van der Waals surface area contributed by atoms with Gasteiger partial charge in [0, 0.05) is 5.92 Å². The Labute approximate surface area is 174 Å². The molecule has 3 heteroatoms. The molecule has 0 aromatic heterocycles. The number of carbonyl (C=O) groups excluding carboxylic acids is 1. The smallest absolute Gasteiger partial charge is 0.243 e. The van der Waals surface area contributed by atoms with Crippen LogP contribution in [0.15, 0.2) is 47.6 Å². The molecule has 2 aromatic carbocycles. The molecule has 1 fully saturated rings. The number of carbonyl (C=O) groups is 1. The van der Waals surface area contributed by atoms with Crippen molar-refractivity contribution in [3.63, 3.8) is 0 Å². The summed E-state index contributed by atoms with van der Waals surface area (Å²) in [6.45, 7) is 8.63. The SMILES string of the molecule is C/C(=N\NC(=O)[C@@H]1C[C@@H]1c1ccc(C(C)(C)C)cc1)c1ccc2c(c1)CCCC2. The van der Waals surface area contributed by atoms with Gasteiger partial charge in [0.25, 0.3) is 0 Å². The first-order valence-corrected chi connectivity index (χ1v) is 10.9. The van der Waals surface area contributed by atoms with Crippen LogP contribution in [-0.4, -0.2) is 11.6 Å². The average molecular weight is 389 g/mol. The molecule has 2 atom stereocenters. The van der Waals surface area contributed by atoms with Crippen LogP contribution < -0.4 is 5.43 Å². The third kappa shape index (κ3) is 4.44. The third-order valence-electron chi connectivity index (χ3n) is 6.43. The molecule has 0 heterocycles. The van der Waals surface area contributed by atoms with Crippen LogP contribution in [0.1, 0.15) is 80.7 Å². The van der Waals surface area contributed by atoms with Crippen molar-refractivity contribution in [1.82, 2.24) is 5.43 Å². The molecule has 1 amide bonds. The molecule has 0 saturated heterocycles. The molecule has 2 aliphatic carbocycles. The van der Waals surface area contributed by atoms with E-state index < -0.39 is 0 Å². The topological polar surface area (TPSA) is 41.5 Å². The summed E-state index contributed by atoms with van der Waals surface area (Å²) in [5, 5.41) is 4.40. The van der Waals surface area contributed by atoms with Crippen LogP contribution in [0.5, 0.6) is 0 Å². The van der Waals surface area contributed by atoms with E-state index in [2.05, 4.69) is 73.8 Å². The van der Waals surface area contributed by atoms with E-state index in [1.54, 1.807) is 0 Å². The highest BCUT2D eigenvalue weighted by molar-refractivity contribution is 5.99. The monoisotopic (exact) mass is 388 g/mol. The lowest BCUT2D eigenvalue weighted by Gasteiger charge is -2.19. The number of hydrogen-bond donors (Lipinski definition) is 1. The molecule has 2 aromatic rings. The first-order chi connectivity index (χ1) is 13.8. The van der Waals surface area contributed by atoms with Gasteiger partial charge in [0.2, 0.25) is 5.91 Å². The van der Waals surface area contributed by atoms with Gasteiger partial charge in [-0.3, -0.25) is 4.79 Å². The van der Waals surface area contributed by atoms with E-state index in [0.29, 0.717) is 5.92 Å². The van der Waals surface area contributed by atoms with E-state index in [1.165, 1.54) is 41.5 Å². The predicted molar refractivity (Wildman–Crippen MR) is 119 cm³/mol. The molecular weight excluding hydrogens is 356 g/mol. The third-order valence-corrected chi connectivity index (χ3v) is 6.43. The maximum absolute atomic E-state index is 12.6. The van der Waals surface area contributed by atoms with Crippen molar-refractivity contribution in [3.8, 4) is 0 Å². The second-order valence-electron chi connectivity index (χ2n) is 9.68. The highest BCUT2D eigenvalue weighted by Crippen LogP contribution is 2.47. The molecule has 1 N–H and O–H groups in total. The largest absolute Gasteiger partial charge is 0.273 e. The lowest BCUT2D eigenvalue weighted by Crippen LogP contribution is -2.21. The van der Waals surface area contributed by atoms with Crippen molar-refractivity contribution >= 4 is 11.6 Å². The molecule has 0 bridgehead atoms. The lowest BCUT2D eigenvalue weighted by molar-refractivity contribution is -0.122. The Balaban J connectivity index is 1.36. The Hall–Kier alpha value is -2.42. The molecule has 0 aliphatic heterocycles. The Bertz CT molecular complexity index is 934. The summed E-state index contributed by atoms with van der Waals surface area (Å²) >= 11 is 0. The summed E-state index contributed by atoms with van der Waals surface area (Å²) in [4.78, 5) is 12.6. The van der Waals surface area contributed by atoms with Gasteiger partial charge in [-0.2, -0.15) is 5.10 Å². The zero-order valence-electron chi connectivity index (χ0n) is 18.1. The van der Waals surface area contributed by atoms with Gasteiger partial charge in [0.15, 0.2) is 0 Å². The minimum atomic E-state index is 0.0345. The zero-order chi connectivity index (χ0) is 20.6. The van der Waals surface area contributed by atoms with Crippen LogP contribution in [0, 0.1) is 5.92 Å². The van der Waals surface area contributed by atoms with Crippen molar-refractivity contribution in [3.05, 3.63) is 70.3 Å². The molecule has 29 heavy (non-hydrogen) atoms. The molecule has 2 aliphatic rings. The van der Waals surface area contributed by atoms with Gasteiger partial charge in [0.05, 0.1) is 5.71 Å². The van der Waals surface area contributed by atoms with Gasteiger partial charge >= 0.3 is 0 Å². The lowest BCUT2D eigenvalue weighted by atomic mass is 9.86. The number of aryl methyl sites for hydroxylation is 2. The molecule has 0 radical (unpaired) electrons. The first kappa shape index (κ1) is 19.9. The summed E-state index contributed by atoms with van der Waals surface area (Å²) in [5.41, 5.74) is 10.4. The van der Waals surface area contributed by atoms with Crippen LogP contribution in [0.25, 0.3) is 0 Å². The maximum Gasteiger partial charge on any atom is 0.243 e. The molecule has 0 spiro atoms. The predicted octanol–water partition coefficient (Wildman–Crippen LogP) is 5.51. The van der Waals surface area contributed by atoms with Crippen molar-refractivity contribution in [2.24, 2.45) is 11.0 Å². The standard InChI is InChI=1S/C26H32N2O/c1-17(20-10-9-18-7-5-6-8-21(18)15-20)27-28-25(29)24-16-23(24)19-11-13-22(14-12-19)26(2,3)4/h9-15,23-24H,5-8,16H2,1-4H3,(H,28,29)/b27-17+/t23-,24-/m1/s1. The summed E-state index contributed by atoms with van der Waals surface area (Å²) in [7, 11) is 0. The highest BCUT2D eigenvalue weighted by Gasteiger charge is 2.44. The average Bonchev–Trinajstić information content (AvgIpc) is 3.52. The highest BCUT2D eigenvalue weighted by atomic mass is 16.2. The molecular formula is C26H32N2O. The van der Waals surface area contributed by atoms with E-state index in [9.17, 15) is 4.79 Å². The fraction of sp³-hybridized carbons (Fsp3) is 0.462. The number of benzene rings is 2. The fourth-order valence-electron chi connectivity index (χ4n) is 4.33.